The second kappa shape index (κ2) is 7.85. The van der Waals surface area contributed by atoms with Gasteiger partial charge in [-0.15, -0.1) is 0 Å². The van der Waals surface area contributed by atoms with Gasteiger partial charge in [0.25, 0.3) is 5.91 Å². The molecule has 2 amide bonds. The molecule has 1 aromatic rings. The van der Waals surface area contributed by atoms with Crippen LogP contribution in [0.2, 0.25) is 0 Å². The summed E-state index contributed by atoms with van der Waals surface area (Å²) in [5.74, 6) is -0.552. The second-order valence-corrected chi connectivity index (χ2v) is 10.4. The third kappa shape index (κ3) is 6.21. The van der Waals surface area contributed by atoms with Gasteiger partial charge in [-0.2, -0.15) is 0 Å². The fourth-order valence-electron chi connectivity index (χ4n) is 2.04. The molecule has 0 bridgehead atoms. The highest BCUT2D eigenvalue weighted by Crippen LogP contribution is 2.20. The number of ether oxygens (including phenoxy) is 1. The van der Waals surface area contributed by atoms with Crippen LogP contribution in [0.1, 0.15) is 51.9 Å². The van der Waals surface area contributed by atoms with E-state index in [1.54, 1.807) is 41.5 Å². The smallest absolute Gasteiger partial charge is 0.426 e. The van der Waals surface area contributed by atoms with Crippen LogP contribution < -0.4 is 5.43 Å². The highest BCUT2D eigenvalue weighted by molar-refractivity contribution is 7.89. The number of hydrogen-bond donors (Lipinski definition) is 1. The lowest BCUT2D eigenvalue weighted by Crippen LogP contribution is -2.56. The van der Waals surface area contributed by atoms with Crippen LogP contribution in [0.25, 0.3) is 0 Å². The molecule has 0 unspecified atom stereocenters. The van der Waals surface area contributed by atoms with Gasteiger partial charge >= 0.3 is 6.09 Å². The predicted octanol–water partition coefficient (Wildman–Crippen LogP) is 2.62. The molecule has 1 rings (SSSR count). The summed E-state index contributed by atoms with van der Waals surface area (Å²) in [7, 11) is -0.867. The van der Waals surface area contributed by atoms with Crippen molar-refractivity contribution in [3.63, 3.8) is 0 Å². The number of benzene rings is 1. The van der Waals surface area contributed by atoms with Crippen LogP contribution in [-0.2, 0) is 14.8 Å². The van der Waals surface area contributed by atoms with Crippen molar-refractivity contribution in [2.24, 2.45) is 0 Å². The van der Waals surface area contributed by atoms with E-state index in [0.29, 0.717) is 0 Å². The van der Waals surface area contributed by atoms with E-state index in [-0.39, 0.29) is 10.5 Å². The number of carbonyl (C=O) groups excluding carboxylic acids is 2. The molecule has 0 fully saturated rings. The maximum absolute atomic E-state index is 13.0. The number of hydrogen-bond acceptors (Lipinski definition) is 5. The maximum Gasteiger partial charge on any atom is 0.426 e. The van der Waals surface area contributed by atoms with Gasteiger partial charge in [0.1, 0.15) is 5.60 Å². The van der Waals surface area contributed by atoms with E-state index in [1.807, 2.05) is 0 Å². The minimum absolute atomic E-state index is 0.00974. The van der Waals surface area contributed by atoms with Gasteiger partial charge in [0.05, 0.1) is 10.4 Å². The molecule has 152 valence electrons. The van der Waals surface area contributed by atoms with E-state index < -0.39 is 33.2 Å². The molecule has 27 heavy (non-hydrogen) atoms. The standard InChI is InChI=1S/C18H29N3O5S/c1-17(2,3)21(19-16(23)26-18(4,5)6)15(22)13-10-9-11-14(12-13)27(24,25)20(7)8/h9-12H,1-8H3,(H,19,23). The number of nitrogens with one attached hydrogen (secondary N) is 1. The van der Waals surface area contributed by atoms with Crippen LogP contribution in [0.15, 0.2) is 29.2 Å². The summed E-state index contributed by atoms with van der Waals surface area (Å²) in [6.45, 7) is 10.4. The topological polar surface area (TPSA) is 96.0 Å². The molecule has 1 N–H and O–H groups in total. The van der Waals surface area contributed by atoms with Crippen LogP contribution in [-0.4, -0.2) is 55.0 Å². The lowest BCUT2D eigenvalue weighted by atomic mass is 10.1. The minimum Gasteiger partial charge on any atom is -0.443 e. The van der Waals surface area contributed by atoms with Crippen molar-refractivity contribution >= 4 is 22.0 Å². The number of amides is 2. The normalized spacial score (nSPS) is 12.6. The number of rotatable bonds is 3. The summed E-state index contributed by atoms with van der Waals surface area (Å²) in [5, 5.41) is 1.13. The Hall–Kier alpha value is -2.13. The SMILES string of the molecule is CN(C)S(=O)(=O)c1cccc(C(=O)N(NC(=O)OC(C)(C)C)C(C)(C)C)c1. The zero-order valence-electron chi connectivity index (χ0n) is 17.2. The molecule has 0 aromatic heterocycles. The molecule has 0 aliphatic rings. The van der Waals surface area contributed by atoms with E-state index >= 15 is 0 Å². The lowest BCUT2D eigenvalue weighted by molar-refractivity contribution is 0.0118. The Bertz CT molecular complexity index is 805. The molecular weight excluding hydrogens is 370 g/mol. The third-order valence-electron chi connectivity index (χ3n) is 3.34. The van der Waals surface area contributed by atoms with Gasteiger partial charge < -0.3 is 4.74 Å². The van der Waals surface area contributed by atoms with E-state index in [4.69, 9.17) is 4.74 Å². The highest BCUT2D eigenvalue weighted by Gasteiger charge is 2.31. The Labute approximate surface area is 161 Å². The molecule has 0 aliphatic carbocycles. The fraction of sp³-hybridized carbons (Fsp3) is 0.556. The molecule has 0 spiro atoms. The van der Waals surface area contributed by atoms with Crippen LogP contribution >= 0.6 is 0 Å². The zero-order valence-corrected chi connectivity index (χ0v) is 18.0. The summed E-state index contributed by atoms with van der Waals surface area (Å²) in [5.41, 5.74) is 1.08. The van der Waals surface area contributed by atoms with Crippen molar-refractivity contribution < 1.29 is 22.7 Å². The van der Waals surface area contributed by atoms with Gasteiger partial charge in [-0.3, -0.25) is 4.79 Å². The largest absolute Gasteiger partial charge is 0.443 e. The van der Waals surface area contributed by atoms with E-state index in [9.17, 15) is 18.0 Å². The zero-order chi connectivity index (χ0) is 21.2. The van der Waals surface area contributed by atoms with Gasteiger partial charge in [-0.05, 0) is 59.7 Å². The van der Waals surface area contributed by atoms with Crippen LogP contribution in [0.4, 0.5) is 4.79 Å². The van der Waals surface area contributed by atoms with Crippen molar-refractivity contribution in [2.45, 2.75) is 57.6 Å². The molecule has 0 saturated heterocycles. The first-order chi connectivity index (χ1) is 12.1. The predicted molar refractivity (Wildman–Crippen MR) is 103 cm³/mol. The molecule has 0 heterocycles. The van der Waals surface area contributed by atoms with Crippen molar-refractivity contribution in [1.82, 2.24) is 14.7 Å². The third-order valence-corrected chi connectivity index (χ3v) is 5.15. The van der Waals surface area contributed by atoms with Crippen molar-refractivity contribution in [3.8, 4) is 0 Å². The van der Waals surface area contributed by atoms with E-state index in [2.05, 4.69) is 5.43 Å². The average Bonchev–Trinajstić information content (AvgIpc) is 2.49. The van der Waals surface area contributed by atoms with E-state index in [1.165, 1.54) is 38.4 Å². The first-order valence-corrected chi connectivity index (χ1v) is 9.86. The number of nitrogens with zero attached hydrogens (tertiary/aromatic N) is 2. The Balaban J connectivity index is 3.23. The number of sulfonamides is 1. The molecule has 8 nitrogen and oxygen atoms in total. The first kappa shape index (κ1) is 22.9. The molecule has 0 saturated carbocycles. The van der Waals surface area contributed by atoms with Gasteiger partial charge in [-0.25, -0.2) is 28.0 Å². The Kier molecular flexibility index (Phi) is 6.66. The summed E-state index contributed by atoms with van der Waals surface area (Å²) in [6.07, 6.45) is -0.775. The average molecular weight is 400 g/mol. The Morgan fingerprint density at radius 3 is 2.04 bits per heavy atom. The Morgan fingerprint density at radius 2 is 1.59 bits per heavy atom. The van der Waals surface area contributed by atoms with Crippen molar-refractivity contribution in [3.05, 3.63) is 29.8 Å². The summed E-state index contributed by atoms with van der Waals surface area (Å²) < 4.78 is 30.9. The monoisotopic (exact) mass is 399 g/mol. The molecule has 0 aliphatic heterocycles. The first-order valence-electron chi connectivity index (χ1n) is 8.42. The van der Waals surface area contributed by atoms with Gasteiger partial charge in [0, 0.05) is 19.7 Å². The fourth-order valence-corrected chi connectivity index (χ4v) is 2.99. The second-order valence-electron chi connectivity index (χ2n) is 8.24. The molecular formula is C18H29N3O5S. The number of carbonyl (C=O) groups is 2. The molecule has 0 radical (unpaired) electrons. The van der Waals surface area contributed by atoms with Crippen LogP contribution in [0, 0.1) is 0 Å². The maximum atomic E-state index is 13.0. The molecule has 1 aromatic carbocycles. The van der Waals surface area contributed by atoms with Gasteiger partial charge in [-0.1, -0.05) is 6.07 Å². The highest BCUT2D eigenvalue weighted by atomic mass is 32.2. The Morgan fingerprint density at radius 1 is 1.04 bits per heavy atom. The van der Waals surface area contributed by atoms with Crippen molar-refractivity contribution in [2.75, 3.05) is 14.1 Å². The van der Waals surface area contributed by atoms with Crippen molar-refractivity contribution in [1.29, 1.82) is 0 Å². The quantitative estimate of drug-likeness (QED) is 0.788. The lowest BCUT2D eigenvalue weighted by Gasteiger charge is -2.36. The van der Waals surface area contributed by atoms with Crippen LogP contribution in [0.3, 0.4) is 0 Å². The van der Waals surface area contributed by atoms with Gasteiger partial charge in [0.2, 0.25) is 10.0 Å². The van der Waals surface area contributed by atoms with Gasteiger partial charge in [0.15, 0.2) is 0 Å². The summed E-state index contributed by atoms with van der Waals surface area (Å²) >= 11 is 0. The molecule has 9 heteroatoms. The minimum atomic E-state index is -3.69. The van der Waals surface area contributed by atoms with Crippen LogP contribution in [0.5, 0.6) is 0 Å². The summed E-state index contributed by atoms with van der Waals surface area (Å²) in [6, 6.07) is 5.67. The number of hydrazine groups is 1. The van der Waals surface area contributed by atoms with E-state index in [0.717, 1.165) is 9.31 Å². The molecule has 0 atom stereocenters. The summed E-state index contributed by atoms with van der Waals surface area (Å²) in [4.78, 5) is 25.1.